The summed E-state index contributed by atoms with van der Waals surface area (Å²) < 4.78 is 4.84. The first kappa shape index (κ1) is 6.08. The minimum atomic E-state index is 0.0556. The molecule has 0 fully saturated rings. The first-order valence-corrected chi connectivity index (χ1v) is 2.91. The molecule has 1 aromatic heterocycles. The van der Waals surface area contributed by atoms with Crippen molar-refractivity contribution < 1.29 is 9.21 Å². The van der Waals surface area contributed by atoms with Gasteiger partial charge in [-0.1, -0.05) is 6.92 Å². The molecule has 0 N–H and O–H groups in total. The number of hydrogen-bond donors (Lipinski definition) is 0. The second-order valence-corrected chi connectivity index (χ2v) is 1.75. The molecular formula is C7H8O2. The van der Waals surface area contributed by atoms with Crippen molar-refractivity contribution in [2.75, 3.05) is 0 Å². The van der Waals surface area contributed by atoms with Crippen LogP contribution in [0.4, 0.5) is 0 Å². The van der Waals surface area contributed by atoms with Crippen LogP contribution in [-0.2, 0) is 0 Å². The van der Waals surface area contributed by atoms with Crippen molar-refractivity contribution in [3.63, 3.8) is 0 Å². The summed E-state index contributed by atoms with van der Waals surface area (Å²) in [6.45, 7) is 1.81. The molecule has 9 heavy (non-hydrogen) atoms. The highest BCUT2D eigenvalue weighted by atomic mass is 16.3. The maximum absolute atomic E-state index is 10.8. The van der Waals surface area contributed by atoms with Crippen molar-refractivity contribution >= 4 is 5.78 Å². The Balaban J connectivity index is 2.77. The zero-order valence-electron chi connectivity index (χ0n) is 5.26. The Morgan fingerprint density at radius 2 is 2.56 bits per heavy atom. The molecule has 1 heterocycles. The molecule has 2 nitrogen and oxygen atoms in total. The Kier molecular flexibility index (Phi) is 1.68. The third-order valence-electron chi connectivity index (χ3n) is 1.12. The summed E-state index contributed by atoms with van der Waals surface area (Å²) in [7, 11) is 0. The third-order valence-corrected chi connectivity index (χ3v) is 1.12. The van der Waals surface area contributed by atoms with Crippen molar-refractivity contribution in [1.82, 2.24) is 0 Å². The van der Waals surface area contributed by atoms with Crippen LogP contribution in [0.3, 0.4) is 0 Å². The first-order valence-electron chi connectivity index (χ1n) is 2.91. The number of furan rings is 1. The van der Waals surface area contributed by atoms with Gasteiger partial charge in [-0.05, 0) is 12.1 Å². The van der Waals surface area contributed by atoms with Gasteiger partial charge in [0.25, 0.3) is 0 Å². The predicted molar refractivity (Wildman–Crippen MR) is 33.3 cm³/mol. The molecule has 0 bridgehead atoms. The molecule has 0 radical (unpaired) electrons. The minimum absolute atomic E-state index is 0.0556. The van der Waals surface area contributed by atoms with Gasteiger partial charge in [0, 0.05) is 6.42 Å². The molecule has 0 aromatic carbocycles. The second kappa shape index (κ2) is 2.49. The molecule has 2 heteroatoms. The largest absolute Gasteiger partial charge is 0.461 e. The van der Waals surface area contributed by atoms with Gasteiger partial charge in [0.05, 0.1) is 6.26 Å². The van der Waals surface area contributed by atoms with Crippen LogP contribution in [0.2, 0.25) is 0 Å². The molecule has 0 atom stereocenters. The summed E-state index contributed by atoms with van der Waals surface area (Å²) in [5, 5.41) is 0. The number of carbonyl (C=O) groups excluding carboxylic acids is 1. The Morgan fingerprint density at radius 3 is 3.00 bits per heavy atom. The normalized spacial score (nSPS) is 9.44. The van der Waals surface area contributed by atoms with Crippen LogP contribution in [0, 0.1) is 0 Å². The molecule has 0 amide bonds. The Morgan fingerprint density at radius 1 is 1.78 bits per heavy atom. The highest BCUT2D eigenvalue weighted by Gasteiger charge is 2.02. The van der Waals surface area contributed by atoms with Gasteiger partial charge in [0.2, 0.25) is 0 Å². The first-order chi connectivity index (χ1) is 4.34. The SMILES string of the molecule is CCC(=O)c1ccco1. The van der Waals surface area contributed by atoms with E-state index in [4.69, 9.17) is 4.42 Å². The van der Waals surface area contributed by atoms with Crippen molar-refractivity contribution in [2.24, 2.45) is 0 Å². The Hall–Kier alpha value is -1.05. The maximum Gasteiger partial charge on any atom is 0.197 e. The molecule has 1 aromatic rings. The molecule has 0 saturated carbocycles. The van der Waals surface area contributed by atoms with E-state index < -0.39 is 0 Å². The molecule has 48 valence electrons. The molecule has 0 aliphatic carbocycles. The van der Waals surface area contributed by atoms with Gasteiger partial charge in [0.1, 0.15) is 0 Å². The molecule has 1 rings (SSSR count). The fourth-order valence-corrected chi connectivity index (χ4v) is 0.611. The number of hydrogen-bond acceptors (Lipinski definition) is 2. The lowest BCUT2D eigenvalue weighted by Gasteiger charge is -1.86. The van der Waals surface area contributed by atoms with E-state index in [1.54, 1.807) is 12.1 Å². The predicted octanol–water partition coefficient (Wildman–Crippen LogP) is 1.87. The molecule has 0 spiro atoms. The number of rotatable bonds is 2. The average molecular weight is 124 g/mol. The van der Waals surface area contributed by atoms with Crippen LogP contribution in [0.15, 0.2) is 22.8 Å². The van der Waals surface area contributed by atoms with Crippen LogP contribution < -0.4 is 0 Å². The highest BCUT2D eigenvalue weighted by molar-refractivity contribution is 5.93. The van der Waals surface area contributed by atoms with E-state index in [2.05, 4.69) is 0 Å². The number of carbonyl (C=O) groups is 1. The number of ketones is 1. The van der Waals surface area contributed by atoms with Gasteiger partial charge >= 0.3 is 0 Å². The summed E-state index contributed by atoms with van der Waals surface area (Å²) in [6, 6.07) is 3.38. The molecule has 0 aliphatic rings. The van der Waals surface area contributed by atoms with Gasteiger partial charge in [-0.25, -0.2) is 0 Å². The van der Waals surface area contributed by atoms with Gasteiger partial charge in [-0.3, -0.25) is 4.79 Å². The Labute approximate surface area is 53.5 Å². The molecular weight excluding hydrogens is 116 g/mol. The number of Topliss-reactive ketones (excluding diaryl/α,β-unsaturated/α-hetero) is 1. The zero-order chi connectivity index (χ0) is 6.69. The average Bonchev–Trinajstić information content (AvgIpc) is 2.37. The minimum Gasteiger partial charge on any atom is -0.461 e. The summed E-state index contributed by atoms with van der Waals surface area (Å²) in [6.07, 6.45) is 2.01. The van der Waals surface area contributed by atoms with E-state index in [0.29, 0.717) is 12.2 Å². The van der Waals surface area contributed by atoms with Crippen molar-refractivity contribution in [2.45, 2.75) is 13.3 Å². The Bertz CT molecular complexity index is 187. The summed E-state index contributed by atoms with van der Waals surface area (Å²) >= 11 is 0. The second-order valence-electron chi connectivity index (χ2n) is 1.75. The van der Waals surface area contributed by atoms with Crippen LogP contribution in [0.5, 0.6) is 0 Å². The van der Waals surface area contributed by atoms with E-state index in [9.17, 15) is 4.79 Å². The van der Waals surface area contributed by atoms with Crippen molar-refractivity contribution in [1.29, 1.82) is 0 Å². The monoisotopic (exact) mass is 124 g/mol. The van der Waals surface area contributed by atoms with Gasteiger partial charge in [-0.15, -0.1) is 0 Å². The maximum atomic E-state index is 10.8. The van der Waals surface area contributed by atoms with E-state index in [-0.39, 0.29) is 5.78 Å². The lowest BCUT2D eigenvalue weighted by atomic mass is 10.2. The zero-order valence-corrected chi connectivity index (χ0v) is 5.26. The van der Waals surface area contributed by atoms with E-state index in [1.165, 1.54) is 6.26 Å². The van der Waals surface area contributed by atoms with Gasteiger partial charge in [-0.2, -0.15) is 0 Å². The third kappa shape index (κ3) is 1.19. The van der Waals surface area contributed by atoms with Gasteiger partial charge in [0.15, 0.2) is 11.5 Å². The fraction of sp³-hybridized carbons (Fsp3) is 0.286. The van der Waals surface area contributed by atoms with E-state index in [0.717, 1.165) is 0 Å². The van der Waals surface area contributed by atoms with Crippen molar-refractivity contribution in [3.8, 4) is 0 Å². The van der Waals surface area contributed by atoms with E-state index >= 15 is 0 Å². The summed E-state index contributed by atoms with van der Waals surface area (Å²) in [4.78, 5) is 10.8. The van der Waals surface area contributed by atoms with Crippen LogP contribution in [0.25, 0.3) is 0 Å². The topological polar surface area (TPSA) is 30.2 Å². The molecule has 0 aliphatic heterocycles. The van der Waals surface area contributed by atoms with Crippen LogP contribution >= 0.6 is 0 Å². The standard InChI is InChI=1S/C7H8O2/c1-2-6(8)7-4-3-5-9-7/h3-5H,2H2,1H3. The van der Waals surface area contributed by atoms with Crippen LogP contribution in [-0.4, -0.2) is 5.78 Å². The fourth-order valence-electron chi connectivity index (χ4n) is 0.611. The van der Waals surface area contributed by atoms with E-state index in [1.807, 2.05) is 6.92 Å². The van der Waals surface area contributed by atoms with Crippen LogP contribution in [0.1, 0.15) is 23.9 Å². The molecule has 0 saturated heterocycles. The quantitative estimate of drug-likeness (QED) is 0.563. The summed E-state index contributed by atoms with van der Waals surface area (Å²) in [5.74, 6) is 0.512. The smallest absolute Gasteiger partial charge is 0.197 e. The van der Waals surface area contributed by atoms with Gasteiger partial charge < -0.3 is 4.42 Å². The summed E-state index contributed by atoms with van der Waals surface area (Å²) in [5.41, 5.74) is 0. The lowest BCUT2D eigenvalue weighted by Crippen LogP contribution is -1.91. The highest BCUT2D eigenvalue weighted by Crippen LogP contribution is 2.02. The van der Waals surface area contributed by atoms with Crippen molar-refractivity contribution in [3.05, 3.63) is 24.2 Å². The lowest BCUT2D eigenvalue weighted by molar-refractivity contribution is 0.0961. The molecule has 0 unspecified atom stereocenters.